The summed E-state index contributed by atoms with van der Waals surface area (Å²) in [6, 6.07) is 8.28. The summed E-state index contributed by atoms with van der Waals surface area (Å²) in [7, 11) is 0. The van der Waals surface area contributed by atoms with Crippen LogP contribution in [0.4, 0.5) is 0 Å². The van der Waals surface area contributed by atoms with Crippen LogP contribution >= 0.6 is 23.1 Å². The van der Waals surface area contributed by atoms with Crippen molar-refractivity contribution in [1.82, 2.24) is 14.5 Å². The van der Waals surface area contributed by atoms with Crippen LogP contribution in [0.1, 0.15) is 61.5 Å². The Hall–Kier alpha value is -2.12. The second-order valence-electron chi connectivity index (χ2n) is 9.15. The highest BCUT2D eigenvalue weighted by atomic mass is 32.2. The summed E-state index contributed by atoms with van der Waals surface area (Å²) in [4.78, 5) is 36.2. The number of para-hydroxylation sites is 1. The van der Waals surface area contributed by atoms with E-state index in [1.807, 2.05) is 31.2 Å². The number of amides is 1. The first-order valence-electron chi connectivity index (χ1n) is 12.1. The van der Waals surface area contributed by atoms with E-state index in [1.54, 1.807) is 15.9 Å². The van der Waals surface area contributed by atoms with Gasteiger partial charge in [-0.25, -0.2) is 4.98 Å². The molecule has 0 spiro atoms. The molecule has 0 radical (unpaired) electrons. The molecule has 1 aliphatic heterocycles. The van der Waals surface area contributed by atoms with Gasteiger partial charge in [-0.15, -0.1) is 11.3 Å². The number of hydrogen-bond donors (Lipinski definition) is 0. The summed E-state index contributed by atoms with van der Waals surface area (Å²) < 4.78 is 1.75. The fourth-order valence-electron chi connectivity index (χ4n) is 5.27. The van der Waals surface area contributed by atoms with Crippen LogP contribution in [0.15, 0.2) is 34.2 Å². The maximum absolute atomic E-state index is 13.9. The predicted molar refractivity (Wildman–Crippen MR) is 137 cm³/mol. The first-order chi connectivity index (χ1) is 16.1. The fraction of sp³-hybridized carbons (Fsp3) is 0.500. The van der Waals surface area contributed by atoms with E-state index < -0.39 is 0 Å². The quantitative estimate of drug-likeness (QED) is 0.356. The number of benzene rings is 1. The molecule has 1 aromatic carbocycles. The van der Waals surface area contributed by atoms with Gasteiger partial charge in [0.15, 0.2) is 5.16 Å². The number of nitrogens with zero attached hydrogens (tertiary/aromatic N) is 3. The maximum Gasteiger partial charge on any atom is 0.267 e. The van der Waals surface area contributed by atoms with Crippen LogP contribution in [0.3, 0.4) is 0 Å². The lowest BCUT2D eigenvalue weighted by molar-refractivity contribution is -0.132. The van der Waals surface area contributed by atoms with E-state index in [4.69, 9.17) is 4.98 Å². The second-order valence-corrected chi connectivity index (χ2v) is 11.2. The molecule has 1 saturated heterocycles. The molecule has 1 atom stereocenters. The van der Waals surface area contributed by atoms with Crippen LogP contribution in [0, 0.1) is 6.92 Å². The Labute approximate surface area is 203 Å². The molecule has 0 N–H and O–H groups in total. The van der Waals surface area contributed by atoms with Crippen LogP contribution in [-0.4, -0.2) is 38.7 Å². The minimum atomic E-state index is 0.00746. The molecule has 1 aliphatic carbocycles. The number of carbonyl (C=O) groups is 1. The van der Waals surface area contributed by atoms with E-state index in [0.717, 1.165) is 66.5 Å². The van der Waals surface area contributed by atoms with Crippen molar-refractivity contribution in [2.24, 2.45) is 0 Å². The summed E-state index contributed by atoms with van der Waals surface area (Å²) >= 11 is 3.08. The molecule has 0 bridgehead atoms. The molecule has 0 saturated carbocycles. The smallest absolute Gasteiger partial charge is 0.267 e. The van der Waals surface area contributed by atoms with Gasteiger partial charge in [-0.05, 0) is 75.5 Å². The third-order valence-electron chi connectivity index (χ3n) is 7.06. The molecule has 7 heteroatoms. The van der Waals surface area contributed by atoms with E-state index in [9.17, 15) is 9.59 Å². The normalized spacial score (nSPS) is 18.5. The second kappa shape index (κ2) is 9.63. The molecule has 3 aromatic rings. The van der Waals surface area contributed by atoms with Crippen molar-refractivity contribution in [1.29, 1.82) is 0 Å². The monoisotopic (exact) mass is 481 g/mol. The number of carbonyl (C=O) groups excluding carboxylic acids is 1. The van der Waals surface area contributed by atoms with Crippen molar-refractivity contribution in [2.75, 3.05) is 12.3 Å². The molecule has 3 heterocycles. The number of piperidine rings is 1. The summed E-state index contributed by atoms with van der Waals surface area (Å²) in [5.74, 6) is 0.466. The van der Waals surface area contributed by atoms with E-state index >= 15 is 0 Å². The Morgan fingerprint density at radius 3 is 2.82 bits per heavy atom. The number of aryl methyl sites for hydroxylation is 3. The van der Waals surface area contributed by atoms with Gasteiger partial charge in [-0.1, -0.05) is 36.9 Å². The van der Waals surface area contributed by atoms with Crippen molar-refractivity contribution in [3.05, 3.63) is 50.6 Å². The van der Waals surface area contributed by atoms with Crippen molar-refractivity contribution in [2.45, 2.75) is 76.4 Å². The third kappa shape index (κ3) is 4.26. The van der Waals surface area contributed by atoms with E-state index in [2.05, 4.69) is 11.8 Å². The summed E-state index contributed by atoms with van der Waals surface area (Å²) in [6.45, 7) is 5.02. The van der Waals surface area contributed by atoms with Gasteiger partial charge in [-0.3, -0.25) is 14.2 Å². The van der Waals surface area contributed by atoms with Crippen molar-refractivity contribution in [3.8, 4) is 5.69 Å². The van der Waals surface area contributed by atoms with E-state index in [0.29, 0.717) is 17.0 Å². The van der Waals surface area contributed by atoms with Crippen molar-refractivity contribution >= 4 is 39.2 Å². The molecule has 1 fully saturated rings. The highest BCUT2D eigenvalue weighted by Crippen LogP contribution is 2.35. The highest BCUT2D eigenvalue weighted by molar-refractivity contribution is 7.99. The summed E-state index contributed by atoms with van der Waals surface area (Å²) in [5, 5.41) is 1.41. The summed E-state index contributed by atoms with van der Waals surface area (Å²) in [6.07, 6.45) is 8.65. The predicted octanol–water partition coefficient (Wildman–Crippen LogP) is 5.52. The molecule has 2 aromatic heterocycles. The van der Waals surface area contributed by atoms with E-state index in [-0.39, 0.29) is 11.5 Å². The molecule has 33 heavy (non-hydrogen) atoms. The average molecular weight is 482 g/mol. The molecule has 5 nitrogen and oxygen atoms in total. The molecule has 1 amide bonds. The van der Waals surface area contributed by atoms with Gasteiger partial charge in [-0.2, -0.15) is 0 Å². The third-order valence-corrected chi connectivity index (χ3v) is 9.17. The van der Waals surface area contributed by atoms with Gasteiger partial charge in [0, 0.05) is 17.5 Å². The van der Waals surface area contributed by atoms with Gasteiger partial charge in [0.05, 0.1) is 16.8 Å². The standard InChI is InChI=1S/C26H31N3O2S2/c1-3-18-11-8-9-15-28(18)22(30)16-32-26-27-24-23(19-12-5-7-14-21(19)33-24)25(31)29(26)20-13-6-4-10-17(20)2/h4,6,10,13,18H,3,5,7-9,11-12,14-16H2,1-2H3/t18-/m1/s1. The lowest BCUT2D eigenvalue weighted by Crippen LogP contribution is -2.44. The number of likely N-dealkylation sites (tertiary alicyclic amines) is 1. The number of hydrogen-bond acceptors (Lipinski definition) is 5. The van der Waals surface area contributed by atoms with Crippen LogP contribution < -0.4 is 5.56 Å². The largest absolute Gasteiger partial charge is 0.339 e. The Balaban J connectivity index is 1.56. The molecule has 5 rings (SSSR count). The fourth-order valence-corrected chi connectivity index (χ4v) is 7.47. The number of thioether (sulfide) groups is 1. The zero-order valence-corrected chi connectivity index (χ0v) is 21.1. The number of rotatable bonds is 5. The lowest BCUT2D eigenvalue weighted by Gasteiger charge is -2.35. The van der Waals surface area contributed by atoms with Crippen molar-refractivity contribution in [3.63, 3.8) is 0 Å². The molecule has 174 valence electrons. The van der Waals surface area contributed by atoms with Crippen LogP contribution in [0.2, 0.25) is 0 Å². The molecule has 2 aliphatic rings. The average Bonchev–Trinajstić information content (AvgIpc) is 3.22. The lowest BCUT2D eigenvalue weighted by atomic mass is 9.97. The molecule has 0 unspecified atom stereocenters. The topological polar surface area (TPSA) is 55.2 Å². The first kappa shape index (κ1) is 22.7. The Morgan fingerprint density at radius 2 is 2.00 bits per heavy atom. The number of thiophene rings is 1. The maximum atomic E-state index is 13.9. The first-order valence-corrected chi connectivity index (χ1v) is 13.9. The van der Waals surface area contributed by atoms with Crippen molar-refractivity contribution < 1.29 is 4.79 Å². The van der Waals surface area contributed by atoms with Crippen LogP contribution in [0.25, 0.3) is 15.9 Å². The van der Waals surface area contributed by atoms with Crippen LogP contribution in [-0.2, 0) is 17.6 Å². The molecular formula is C26H31N3O2S2. The van der Waals surface area contributed by atoms with E-state index in [1.165, 1.54) is 35.0 Å². The Kier molecular flexibility index (Phi) is 6.61. The number of aromatic nitrogens is 2. The van der Waals surface area contributed by atoms with Gasteiger partial charge in [0.1, 0.15) is 4.83 Å². The SMILES string of the molecule is CC[C@@H]1CCCCN1C(=O)CSc1nc2sc3c(c2c(=O)n1-c1ccccc1C)CCCC3. The van der Waals surface area contributed by atoms with Gasteiger partial charge >= 0.3 is 0 Å². The van der Waals surface area contributed by atoms with Gasteiger partial charge in [0.25, 0.3) is 5.56 Å². The number of fused-ring (bicyclic) bond motifs is 3. The van der Waals surface area contributed by atoms with Gasteiger partial charge in [0.2, 0.25) is 5.91 Å². The zero-order valence-electron chi connectivity index (χ0n) is 19.4. The van der Waals surface area contributed by atoms with Gasteiger partial charge < -0.3 is 4.90 Å². The summed E-state index contributed by atoms with van der Waals surface area (Å²) in [5.41, 5.74) is 3.09. The minimum absolute atomic E-state index is 0.00746. The highest BCUT2D eigenvalue weighted by Gasteiger charge is 2.27. The minimum Gasteiger partial charge on any atom is -0.339 e. The Morgan fingerprint density at radius 1 is 1.18 bits per heavy atom. The van der Waals surface area contributed by atoms with Crippen LogP contribution in [0.5, 0.6) is 0 Å². The zero-order chi connectivity index (χ0) is 22.9. The molecular weight excluding hydrogens is 450 g/mol. The Bertz CT molecular complexity index is 1250.